The summed E-state index contributed by atoms with van der Waals surface area (Å²) in [6.07, 6.45) is 0. The molecule has 0 aliphatic heterocycles. The Bertz CT molecular complexity index is 505. The molecule has 2 rings (SSSR count). The van der Waals surface area contributed by atoms with Crippen LogP contribution in [0.2, 0.25) is 0 Å². The maximum Gasteiger partial charge on any atom is 0.338 e. The molecule has 0 aliphatic carbocycles. The van der Waals surface area contributed by atoms with Gasteiger partial charge in [-0.15, -0.1) is 0 Å². The average Bonchev–Trinajstić information content (AvgIpc) is 2.65. The molecule has 0 aliphatic rings. The molecule has 0 unspecified atom stereocenters. The van der Waals surface area contributed by atoms with Crippen LogP contribution in [0.1, 0.15) is 15.9 Å². The minimum Gasteiger partial charge on any atom is -0.478 e. The highest BCUT2D eigenvalue weighted by molar-refractivity contribution is 7.04. The number of aromatic carboxylic acids is 1. The third kappa shape index (κ3) is 1.89. The predicted octanol–water partition coefficient (Wildman–Crippen LogP) is 2.82. The fraction of sp³-hybridized carbons (Fsp3) is 0.0909. The van der Waals surface area contributed by atoms with Crippen molar-refractivity contribution in [1.29, 1.82) is 0 Å². The van der Waals surface area contributed by atoms with Gasteiger partial charge in [-0.3, -0.25) is 0 Å². The highest BCUT2D eigenvalue weighted by atomic mass is 32.1. The smallest absolute Gasteiger partial charge is 0.338 e. The molecular formula is C11H9NO2S. The third-order valence-corrected chi connectivity index (χ3v) is 2.72. The van der Waals surface area contributed by atoms with Gasteiger partial charge in [-0.1, -0.05) is 23.8 Å². The van der Waals surface area contributed by atoms with Crippen LogP contribution in [0.3, 0.4) is 0 Å². The molecule has 4 heteroatoms. The molecule has 1 N–H and O–H groups in total. The number of carboxylic acids is 1. The van der Waals surface area contributed by atoms with Crippen LogP contribution in [0.25, 0.3) is 11.3 Å². The largest absolute Gasteiger partial charge is 0.478 e. The topological polar surface area (TPSA) is 50.2 Å². The lowest BCUT2D eigenvalue weighted by Crippen LogP contribution is -1.96. The van der Waals surface area contributed by atoms with Crippen molar-refractivity contribution in [2.24, 2.45) is 0 Å². The molecule has 0 amide bonds. The number of nitrogens with zero attached hydrogens (tertiary/aromatic N) is 1. The lowest BCUT2D eigenvalue weighted by atomic mass is 10.1. The van der Waals surface area contributed by atoms with Gasteiger partial charge in [0.15, 0.2) is 0 Å². The summed E-state index contributed by atoms with van der Waals surface area (Å²) >= 11 is 1.16. The van der Waals surface area contributed by atoms with Crippen LogP contribution in [-0.2, 0) is 0 Å². The number of hydrogen-bond donors (Lipinski definition) is 1. The fourth-order valence-corrected chi connectivity index (χ4v) is 2.07. The SMILES string of the molecule is Cc1cccc(-c2nscc2C(=O)O)c1. The monoisotopic (exact) mass is 219 g/mol. The Morgan fingerprint density at radius 2 is 2.27 bits per heavy atom. The zero-order valence-corrected chi connectivity index (χ0v) is 8.91. The third-order valence-electron chi connectivity index (χ3n) is 2.09. The Kier molecular flexibility index (Phi) is 2.51. The first-order valence-electron chi connectivity index (χ1n) is 4.43. The van der Waals surface area contributed by atoms with E-state index in [0.29, 0.717) is 5.69 Å². The van der Waals surface area contributed by atoms with E-state index >= 15 is 0 Å². The van der Waals surface area contributed by atoms with E-state index in [9.17, 15) is 4.79 Å². The molecule has 0 saturated carbocycles. The van der Waals surface area contributed by atoms with Crippen molar-refractivity contribution < 1.29 is 9.90 Å². The van der Waals surface area contributed by atoms with Crippen molar-refractivity contribution in [2.45, 2.75) is 6.92 Å². The van der Waals surface area contributed by atoms with Crippen molar-refractivity contribution in [2.75, 3.05) is 0 Å². The van der Waals surface area contributed by atoms with E-state index in [-0.39, 0.29) is 5.56 Å². The number of hydrogen-bond acceptors (Lipinski definition) is 3. The second-order valence-corrected chi connectivity index (χ2v) is 3.88. The van der Waals surface area contributed by atoms with E-state index in [0.717, 1.165) is 22.7 Å². The Labute approximate surface area is 91.2 Å². The van der Waals surface area contributed by atoms with Crippen molar-refractivity contribution in [3.8, 4) is 11.3 Å². The molecule has 3 nitrogen and oxygen atoms in total. The number of carboxylic acid groups (broad SMARTS) is 1. The van der Waals surface area contributed by atoms with Crippen molar-refractivity contribution >= 4 is 17.5 Å². The Balaban J connectivity index is 2.54. The quantitative estimate of drug-likeness (QED) is 0.844. The Morgan fingerprint density at radius 3 is 2.93 bits per heavy atom. The summed E-state index contributed by atoms with van der Waals surface area (Å²) in [5.74, 6) is -0.930. The molecule has 1 heterocycles. The molecule has 1 aromatic heterocycles. The van der Waals surface area contributed by atoms with Crippen LogP contribution >= 0.6 is 11.5 Å². The minimum absolute atomic E-state index is 0.269. The summed E-state index contributed by atoms with van der Waals surface area (Å²) in [4.78, 5) is 10.9. The van der Waals surface area contributed by atoms with E-state index in [1.54, 1.807) is 5.38 Å². The molecule has 0 atom stereocenters. The van der Waals surface area contributed by atoms with Crippen LogP contribution in [-0.4, -0.2) is 15.4 Å². The first-order chi connectivity index (χ1) is 7.18. The molecule has 2 aromatic rings. The van der Waals surface area contributed by atoms with Crippen LogP contribution in [0.5, 0.6) is 0 Å². The first kappa shape index (κ1) is 9.86. The Hall–Kier alpha value is -1.68. The van der Waals surface area contributed by atoms with E-state index < -0.39 is 5.97 Å². The highest BCUT2D eigenvalue weighted by Gasteiger charge is 2.14. The van der Waals surface area contributed by atoms with Gasteiger partial charge >= 0.3 is 5.97 Å². The molecule has 15 heavy (non-hydrogen) atoms. The summed E-state index contributed by atoms with van der Waals surface area (Å²) in [6, 6.07) is 7.67. The second-order valence-electron chi connectivity index (χ2n) is 3.25. The number of rotatable bonds is 2. The van der Waals surface area contributed by atoms with Crippen molar-refractivity contribution in [3.63, 3.8) is 0 Å². The molecular weight excluding hydrogens is 210 g/mol. The first-order valence-corrected chi connectivity index (χ1v) is 5.27. The van der Waals surface area contributed by atoms with Gasteiger partial charge in [-0.25, -0.2) is 4.79 Å². The summed E-state index contributed by atoms with van der Waals surface area (Å²) in [7, 11) is 0. The van der Waals surface area contributed by atoms with E-state index in [2.05, 4.69) is 4.37 Å². The number of aromatic nitrogens is 1. The normalized spacial score (nSPS) is 10.2. The van der Waals surface area contributed by atoms with Gasteiger partial charge in [-0.2, -0.15) is 4.37 Å². The van der Waals surface area contributed by atoms with Gasteiger partial charge in [-0.05, 0) is 24.5 Å². The molecule has 0 fully saturated rings. The van der Waals surface area contributed by atoms with Gasteiger partial charge in [0.25, 0.3) is 0 Å². The van der Waals surface area contributed by atoms with Gasteiger partial charge < -0.3 is 5.11 Å². The second kappa shape index (κ2) is 3.82. The van der Waals surface area contributed by atoms with E-state index in [1.807, 2.05) is 31.2 Å². The molecule has 76 valence electrons. The summed E-state index contributed by atoms with van der Waals surface area (Å²) in [5, 5.41) is 10.5. The van der Waals surface area contributed by atoms with Gasteiger partial charge in [0, 0.05) is 10.9 Å². The van der Waals surface area contributed by atoms with Crippen LogP contribution in [0, 0.1) is 6.92 Å². The predicted molar refractivity (Wildman–Crippen MR) is 59.2 cm³/mol. The lowest BCUT2D eigenvalue weighted by Gasteiger charge is -2.00. The van der Waals surface area contributed by atoms with Crippen LogP contribution < -0.4 is 0 Å². The zero-order valence-electron chi connectivity index (χ0n) is 8.10. The summed E-state index contributed by atoms with van der Waals surface area (Å²) in [5.41, 5.74) is 2.77. The molecule has 0 saturated heterocycles. The molecule has 1 aromatic carbocycles. The lowest BCUT2D eigenvalue weighted by molar-refractivity contribution is 0.0698. The van der Waals surface area contributed by atoms with Gasteiger partial charge in [0.05, 0.1) is 11.3 Å². The maximum atomic E-state index is 10.9. The van der Waals surface area contributed by atoms with Gasteiger partial charge in [0.1, 0.15) is 0 Å². The van der Waals surface area contributed by atoms with Crippen molar-refractivity contribution in [1.82, 2.24) is 4.37 Å². The average molecular weight is 219 g/mol. The molecule has 0 radical (unpaired) electrons. The van der Waals surface area contributed by atoms with Crippen LogP contribution in [0.15, 0.2) is 29.6 Å². The van der Waals surface area contributed by atoms with Gasteiger partial charge in [0.2, 0.25) is 0 Å². The van der Waals surface area contributed by atoms with Crippen LogP contribution in [0.4, 0.5) is 0 Å². The summed E-state index contributed by atoms with van der Waals surface area (Å²) < 4.78 is 4.11. The number of aryl methyl sites for hydroxylation is 1. The highest BCUT2D eigenvalue weighted by Crippen LogP contribution is 2.24. The fourth-order valence-electron chi connectivity index (χ4n) is 1.39. The zero-order chi connectivity index (χ0) is 10.8. The minimum atomic E-state index is -0.930. The van der Waals surface area contributed by atoms with E-state index in [1.165, 1.54) is 0 Å². The number of benzene rings is 1. The van der Waals surface area contributed by atoms with E-state index in [4.69, 9.17) is 5.11 Å². The molecule has 0 spiro atoms. The Morgan fingerprint density at radius 1 is 1.47 bits per heavy atom. The standard InChI is InChI=1S/C11H9NO2S/c1-7-3-2-4-8(5-7)10-9(11(13)14)6-15-12-10/h2-6H,1H3,(H,13,14). The molecule has 0 bridgehead atoms. The summed E-state index contributed by atoms with van der Waals surface area (Å²) in [6.45, 7) is 1.97. The van der Waals surface area contributed by atoms with Crippen molar-refractivity contribution in [3.05, 3.63) is 40.8 Å². The maximum absolute atomic E-state index is 10.9. The number of carbonyl (C=O) groups is 1.